The Bertz CT molecular complexity index is 148. The normalized spacial score (nSPS) is 9.89. The van der Waals surface area contributed by atoms with Crippen LogP contribution in [0.25, 0.3) is 0 Å². The van der Waals surface area contributed by atoms with Gasteiger partial charge in [-0.1, -0.05) is 0 Å². The summed E-state index contributed by atoms with van der Waals surface area (Å²) in [6.45, 7) is 1.09. The van der Waals surface area contributed by atoms with E-state index < -0.39 is 0 Å². The van der Waals surface area contributed by atoms with Gasteiger partial charge >= 0.3 is 0 Å². The monoisotopic (exact) mass is 142 g/mol. The maximum atomic E-state index is 3.93. The molecule has 0 saturated carbocycles. The van der Waals surface area contributed by atoms with Gasteiger partial charge in [0, 0.05) is 18.9 Å². The maximum absolute atomic E-state index is 3.93. The molecule has 0 aliphatic heterocycles. The molecule has 3 heteroatoms. The molecular weight excluding hydrogens is 131 g/mol. The van der Waals surface area contributed by atoms with E-state index in [2.05, 4.69) is 18.8 Å². The lowest BCUT2D eigenvalue weighted by molar-refractivity contribution is 0.683. The average Bonchev–Trinajstić information content (AvgIpc) is 2.34. The van der Waals surface area contributed by atoms with Crippen molar-refractivity contribution < 1.29 is 0 Å². The molecular formula is C6H11N2P. The van der Waals surface area contributed by atoms with Gasteiger partial charge in [-0.15, -0.1) is 9.24 Å². The summed E-state index contributed by atoms with van der Waals surface area (Å²) in [7, 11) is 2.71. The van der Waals surface area contributed by atoms with Crippen molar-refractivity contribution in [2.24, 2.45) is 0 Å². The highest BCUT2D eigenvalue weighted by Crippen LogP contribution is 1.92. The molecule has 0 saturated heterocycles. The fourth-order valence-corrected chi connectivity index (χ4v) is 0.875. The molecule has 1 aromatic heterocycles. The van der Waals surface area contributed by atoms with Crippen LogP contribution in [0.3, 0.4) is 0 Å². The number of nitrogens with zero attached hydrogens (tertiary/aromatic N) is 2. The minimum absolute atomic E-state index is 1.09. The number of aryl methyl sites for hydroxylation is 1. The maximum Gasteiger partial charge on any atom is 0.0945 e. The SMILES string of the molecule is PCCCn1ccnc1. The van der Waals surface area contributed by atoms with Crippen LogP contribution in [0.5, 0.6) is 0 Å². The summed E-state index contributed by atoms with van der Waals surface area (Å²) in [5.74, 6) is 0. The minimum atomic E-state index is 1.09. The third-order valence-corrected chi connectivity index (χ3v) is 1.59. The van der Waals surface area contributed by atoms with E-state index in [1.54, 1.807) is 0 Å². The van der Waals surface area contributed by atoms with Gasteiger partial charge in [-0.25, -0.2) is 4.98 Å². The Hall–Kier alpha value is -0.360. The van der Waals surface area contributed by atoms with E-state index in [1.807, 2.05) is 18.7 Å². The Labute approximate surface area is 57.5 Å². The van der Waals surface area contributed by atoms with Crippen LogP contribution in [0.4, 0.5) is 0 Å². The number of hydrogen-bond acceptors (Lipinski definition) is 1. The van der Waals surface area contributed by atoms with Gasteiger partial charge in [0.1, 0.15) is 0 Å². The molecule has 0 amide bonds. The zero-order valence-electron chi connectivity index (χ0n) is 5.33. The largest absolute Gasteiger partial charge is 0.337 e. The lowest BCUT2D eigenvalue weighted by atomic mass is 10.5. The van der Waals surface area contributed by atoms with Crippen molar-refractivity contribution in [3.8, 4) is 0 Å². The summed E-state index contributed by atoms with van der Waals surface area (Å²) in [6.07, 6.45) is 8.02. The molecule has 2 nitrogen and oxygen atoms in total. The van der Waals surface area contributed by atoms with Crippen molar-refractivity contribution in [2.45, 2.75) is 13.0 Å². The second kappa shape index (κ2) is 3.62. The first-order valence-electron chi connectivity index (χ1n) is 3.09. The summed E-state index contributed by atoms with van der Waals surface area (Å²) < 4.78 is 2.09. The van der Waals surface area contributed by atoms with E-state index in [-0.39, 0.29) is 0 Å². The van der Waals surface area contributed by atoms with Crippen LogP contribution in [-0.4, -0.2) is 15.7 Å². The molecule has 0 spiro atoms. The standard InChI is InChI=1S/C6H11N2P/c9-5-1-3-8-4-2-7-6-8/h2,4,6H,1,3,5,9H2. The zero-order chi connectivity index (χ0) is 6.53. The third-order valence-electron chi connectivity index (χ3n) is 1.18. The Morgan fingerprint density at radius 3 is 3.00 bits per heavy atom. The lowest BCUT2D eigenvalue weighted by Crippen LogP contribution is -1.93. The van der Waals surface area contributed by atoms with E-state index >= 15 is 0 Å². The Kier molecular flexibility index (Phi) is 2.72. The number of aromatic nitrogens is 2. The predicted molar refractivity (Wildman–Crippen MR) is 41.4 cm³/mol. The van der Waals surface area contributed by atoms with Crippen LogP contribution >= 0.6 is 9.24 Å². The van der Waals surface area contributed by atoms with E-state index in [1.165, 1.54) is 6.42 Å². The van der Waals surface area contributed by atoms with Crippen molar-refractivity contribution in [1.82, 2.24) is 9.55 Å². The molecule has 0 aliphatic carbocycles. The molecule has 1 heterocycles. The average molecular weight is 142 g/mol. The van der Waals surface area contributed by atoms with Crippen LogP contribution < -0.4 is 0 Å². The van der Waals surface area contributed by atoms with Crippen molar-refractivity contribution >= 4 is 9.24 Å². The molecule has 1 aromatic rings. The van der Waals surface area contributed by atoms with Crippen LogP contribution in [-0.2, 0) is 6.54 Å². The molecule has 0 aliphatic rings. The number of rotatable bonds is 3. The first-order valence-corrected chi connectivity index (χ1v) is 3.91. The van der Waals surface area contributed by atoms with Gasteiger partial charge in [0.2, 0.25) is 0 Å². The van der Waals surface area contributed by atoms with Gasteiger partial charge < -0.3 is 4.57 Å². The number of hydrogen-bond donors (Lipinski definition) is 0. The van der Waals surface area contributed by atoms with Crippen molar-refractivity contribution in [1.29, 1.82) is 0 Å². The summed E-state index contributed by atoms with van der Waals surface area (Å²) in [5.41, 5.74) is 0. The van der Waals surface area contributed by atoms with Crippen LogP contribution in [0.2, 0.25) is 0 Å². The highest BCUT2D eigenvalue weighted by Gasteiger charge is 1.85. The van der Waals surface area contributed by atoms with Crippen molar-refractivity contribution in [2.75, 3.05) is 6.16 Å². The van der Waals surface area contributed by atoms with Gasteiger partial charge in [0.25, 0.3) is 0 Å². The topological polar surface area (TPSA) is 17.8 Å². The molecule has 1 unspecified atom stereocenters. The predicted octanol–water partition coefficient (Wildman–Crippen LogP) is 1.15. The number of imidazole rings is 1. The van der Waals surface area contributed by atoms with Gasteiger partial charge in [0.15, 0.2) is 0 Å². The lowest BCUT2D eigenvalue weighted by Gasteiger charge is -1.96. The fourth-order valence-electron chi connectivity index (χ4n) is 0.693. The van der Waals surface area contributed by atoms with Crippen LogP contribution in [0.1, 0.15) is 6.42 Å². The van der Waals surface area contributed by atoms with Crippen LogP contribution in [0.15, 0.2) is 18.7 Å². The quantitative estimate of drug-likeness (QED) is 0.579. The molecule has 0 radical (unpaired) electrons. The third kappa shape index (κ3) is 2.15. The summed E-state index contributed by atoms with van der Waals surface area (Å²) in [5, 5.41) is 0. The Morgan fingerprint density at radius 1 is 1.56 bits per heavy atom. The molecule has 0 fully saturated rings. The second-order valence-electron chi connectivity index (χ2n) is 1.94. The zero-order valence-corrected chi connectivity index (χ0v) is 6.48. The summed E-state index contributed by atoms with van der Waals surface area (Å²) in [6, 6.07) is 0. The summed E-state index contributed by atoms with van der Waals surface area (Å²) >= 11 is 0. The highest BCUT2D eigenvalue weighted by atomic mass is 31.0. The Balaban J connectivity index is 2.30. The van der Waals surface area contributed by atoms with E-state index in [9.17, 15) is 0 Å². The Morgan fingerprint density at radius 2 is 2.44 bits per heavy atom. The minimum Gasteiger partial charge on any atom is -0.337 e. The van der Waals surface area contributed by atoms with Crippen LogP contribution in [0, 0.1) is 0 Å². The van der Waals surface area contributed by atoms with Crippen molar-refractivity contribution in [3.63, 3.8) is 0 Å². The van der Waals surface area contributed by atoms with Gasteiger partial charge in [-0.05, 0) is 12.6 Å². The van der Waals surface area contributed by atoms with Gasteiger partial charge in [-0.2, -0.15) is 0 Å². The van der Waals surface area contributed by atoms with E-state index in [0.717, 1.165) is 12.7 Å². The second-order valence-corrected chi connectivity index (χ2v) is 2.52. The highest BCUT2D eigenvalue weighted by molar-refractivity contribution is 7.16. The van der Waals surface area contributed by atoms with Gasteiger partial charge in [0.05, 0.1) is 6.33 Å². The summed E-state index contributed by atoms with van der Waals surface area (Å²) in [4.78, 5) is 3.93. The van der Waals surface area contributed by atoms with Gasteiger partial charge in [-0.3, -0.25) is 0 Å². The molecule has 1 atom stereocenters. The van der Waals surface area contributed by atoms with Crippen molar-refractivity contribution in [3.05, 3.63) is 18.7 Å². The molecule has 0 aromatic carbocycles. The van der Waals surface area contributed by atoms with E-state index in [4.69, 9.17) is 0 Å². The molecule has 50 valence electrons. The molecule has 0 bridgehead atoms. The first-order chi connectivity index (χ1) is 4.43. The molecule has 9 heavy (non-hydrogen) atoms. The molecule has 1 rings (SSSR count). The fraction of sp³-hybridized carbons (Fsp3) is 0.500. The van der Waals surface area contributed by atoms with E-state index in [0.29, 0.717) is 0 Å². The molecule has 0 N–H and O–H groups in total. The smallest absolute Gasteiger partial charge is 0.0945 e. The first kappa shape index (κ1) is 6.76.